The Morgan fingerprint density at radius 1 is 1.32 bits per heavy atom. The molecule has 0 spiro atoms. The monoisotopic (exact) mass is 365 g/mol. The Hall–Kier alpha value is -1.96. The van der Waals surface area contributed by atoms with Crippen LogP contribution in [0.4, 0.5) is 0 Å². The molecule has 0 bridgehead atoms. The second kappa shape index (κ2) is 9.50. The van der Waals surface area contributed by atoms with E-state index < -0.39 is 0 Å². The van der Waals surface area contributed by atoms with E-state index in [0.717, 1.165) is 39.1 Å². The van der Waals surface area contributed by atoms with Crippen LogP contribution in [0.1, 0.15) is 22.6 Å². The third-order valence-electron chi connectivity index (χ3n) is 4.08. The maximum Gasteiger partial charge on any atom is 0.258 e. The van der Waals surface area contributed by atoms with E-state index in [2.05, 4.69) is 25.7 Å². The molecule has 0 unspecified atom stereocenters. The number of carbonyl (C=O) groups is 1. The van der Waals surface area contributed by atoms with E-state index in [4.69, 9.17) is 4.52 Å². The van der Waals surface area contributed by atoms with Crippen molar-refractivity contribution in [2.75, 3.05) is 39.3 Å². The molecule has 3 rings (SSSR count). The summed E-state index contributed by atoms with van der Waals surface area (Å²) in [6.45, 7) is 7.66. The average Bonchev–Trinajstić information content (AvgIpc) is 3.06. The van der Waals surface area contributed by atoms with E-state index >= 15 is 0 Å². The predicted octanol–water partition coefficient (Wildman–Crippen LogP) is 1.49. The van der Waals surface area contributed by atoms with Crippen molar-refractivity contribution in [1.82, 2.24) is 25.7 Å². The largest absolute Gasteiger partial charge is 0.352 e. The fraction of sp³-hybridized carbons (Fsp3) is 0.471. The third kappa shape index (κ3) is 5.26. The maximum atomic E-state index is 12.5. The van der Waals surface area contributed by atoms with E-state index in [0.29, 0.717) is 29.4 Å². The zero-order chi connectivity index (χ0) is 16.8. The Bertz CT molecular complexity index is 685. The highest BCUT2D eigenvalue weighted by molar-refractivity contribution is 5.99. The van der Waals surface area contributed by atoms with Crippen LogP contribution in [0.3, 0.4) is 0 Å². The number of aromatic nitrogens is 2. The molecule has 1 aromatic carbocycles. The highest BCUT2D eigenvalue weighted by Gasteiger charge is 2.16. The second-order valence-corrected chi connectivity index (χ2v) is 5.89. The van der Waals surface area contributed by atoms with Crippen molar-refractivity contribution in [1.29, 1.82) is 0 Å². The zero-order valence-corrected chi connectivity index (χ0v) is 15.1. The van der Waals surface area contributed by atoms with E-state index in [1.165, 1.54) is 0 Å². The minimum atomic E-state index is -0.109. The van der Waals surface area contributed by atoms with Gasteiger partial charge in [-0.25, -0.2) is 0 Å². The molecule has 1 amide bonds. The number of benzene rings is 1. The van der Waals surface area contributed by atoms with Crippen molar-refractivity contribution in [2.45, 2.75) is 13.3 Å². The van der Waals surface area contributed by atoms with Crippen molar-refractivity contribution in [3.05, 3.63) is 35.7 Å². The molecule has 1 aliphatic rings. The SMILES string of the molecule is Cc1noc(-c2ccccc2C(=O)NCCCN2CCNCC2)n1.Cl. The molecule has 0 radical (unpaired) electrons. The first kappa shape index (κ1) is 19.4. The van der Waals surface area contributed by atoms with Crippen molar-refractivity contribution < 1.29 is 9.32 Å². The van der Waals surface area contributed by atoms with E-state index in [1.54, 1.807) is 13.0 Å². The number of halogens is 1. The first-order chi connectivity index (χ1) is 11.7. The second-order valence-electron chi connectivity index (χ2n) is 5.89. The number of nitrogens with one attached hydrogen (secondary N) is 2. The number of piperazine rings is 1. The third-order valence-corrected chi connectivity index (χ3v) is 4.08. The molecule has 1 aliphatic heterocycles. The normalized spacial score (nSPS) is 14.8. The van der Waals surface area contributed by atoms with Gasteiger partial charge in [-0.3, -0.25) is 4.79 Å². The lowest BCUT2D eigenvalue weighted by atomic mass is 10.1. The highest BCUT2D eigenvalue weighted by atomic mass is 35.5. The minimum Gasteiger partial charge on any atom is -0.352 e. The number of aryl methyl sites for hydroxylation is 1. The van der Waals surface area contributed by atoms with Crippen molar-refractivity contribution in [3.8, 4) is 11.5 Å². The molecular weight excluding hydrogens is 342 g/mol. The lowest BCUT2D eigenvalue weighted by Gasteiger charge is -2.27. The standard InChI is InChI=1S/C17H23N5O2.ClH/c1-13-20-17(24-21-13)15-6-3-2-5-14(15)16(23)19-7-4-10-22-11-8-18-9-12-22;/h2-3,5-6,18H,4,7-12H2,1H3,(H,19,23);1H. The van der Waals surface area contributed by atoms with Gasteiger partial charge in [0.2, 0.25) is 0 Å². The molecule has 1 aromatic heterocycles. The van der Waals surface area contributed by atoms with Crippen LogP contribution in [-0.4, -0.2) is 60.2 Å². The Morgan fingerprint density at radius 3 is 2.80 bits per heavy atom. The lowest BCUT2D eigenvalue weighted by Crippen LogP contribution is -2.44. The van der Waals surface area contributed by atoms with Crippen molar-refractivity contribution in [2.24, 2.45) is 0 Å². The summed E-state index contributed by atoms with van der Waals surface area (Å²) in [6, 6.07) is 7.29. The van der Waals surface area contributed by atoms with Gasteiger partial charge in [-0.1, -0.05) is 17.3 Å². The first-order valence-electron chi connectivity index (χ1n) is 8.35. The maximum absolute atomic E-state index is 12.5. The molecule has 0 aliphatic carbocycles. The molecule has 8 heteroatoms. The fourth-order valence-corrected chi connectivity index (χ4v) is 2.81. The highest BCUT2D eigenvalue weighted by Crippen LogP contribution is 2.21. The number of rotatable bonds is 6. The van der Waals surface area contributed by atoms with Crippen LogP contribution in [-0.2, 0) is 0 Å². The van der Waals surface area contributed by atoms with Crippen LogP contribution in [0.2, 0.25) is 0 Å². The Kier molecular flexibility index (Phi) is 7.36. The number of carbonyl (C=O) groups excluding carboxylic acids is 1. The summed E-state index contributed by atoms with van der Waals surface area (Å²) in [5, 5.41) is 10.1. The molecular formula is C17H24ClN5O2. The van der Waals surface area contributed by atoms with Gasteiger partial charge in [0.15, 0.2) is 5.82 Å². The van der Waals surface area contributed by atoms with Crippen LogP contribution < -0.4 is 10.6 Å². The molecule has 0 atom stereocenters. The summed E-state index contributed by atoms with van der Waals surface area (Å²) < 4.78 is 5.19. The number of nitrogens with zero attached hydrogens (tertiary/aromatic N) is 3. The van der Waals surface area contributed by atoms with E-state index in [1.807, 2.05) is 18.2 Å². The van der Waals surface area contributed by atoms with E-state index in [-0.39, 0.29) is 18.3 Å². The summed E-state index contributed by atoms with van der Waals surface area (Å²) in [7, 11) is 0. The van der Waals surface area contributed by atoms with Gasteiger partial charge >= 0.3 is 0 Å². The summed E-state index contributed by atoms with van der Waals surface area (Å²) in [5.74, 6) is 0.817. The molecule has 2 heterocycles. The van der Waals surface area contributed by atoms with Crippen LogP contribution in [0.25, 0.3) is 11.5 Å². The summed E-state index contributed by atoms with van der Waals surface area (Å²) in [4.78, 5) is 19.1. The molecule has 1 fully saturated rings. The van der Waals surface area contributed by atoms with Crippen LogP contribution in [0.5, 0.6) is 0 Å². The van der Waals surface area contributed by atoms with Crippen molar-refractivity contribution in [3.63, 3.8) is 0 Å². The predicted molar refractivity (Wildman–Crippen MR) is 98.0 cm³/mol. The van der Waals surface area contributed by atoms with Crippen LogP contribution in [0.15, 0.2) is 28.8 Å². The molecule has 2 aromatic rings. The summed E-state index contributed by atoms with van der Waals surface area (Å²) in [5.41, 5.74) is 1.22. The molecule has 2 N–H and O–H groups in total. The topological polar surface area (TPSA) is 83.3 Å². The number of amides is 1. The van der Waals surface area contributed by atoms with Crippen molar-refractivity contribution >= 4 is 18.3 Å². The van der Waals surface area contributed by atoms with Gasteiger partial charge in [-0.15, -0.1) is 12.4 Å². The summed E-state index contributed by atoms with van der Waals surface area (Å²) >= 11 is 0. The number of hydrogen-bond donors (Lipinski definition) is 2. The lowest BCUT2D eigenvalue weighted by molar-refractivity contribution is 0.0951. The Labute approximate surface area is 153 Å². The molecule has 7 nitrogen and oxygen atoms in total. The van der Waals surface area contributed by atoms with Gasteiger partial charge in [-0.05, 0) is 32.0 Å². The van der Waals surface area contributed by atoms with E-state index in [9.17, 15) is 4.79 Å². The van der Waals surface area contributed by atoms with Gasteiger partial charge < -0.3 is 20.1 Å². The van der Waals surface area contributed by atoms with Gasteiger partial charge in [0, 0.05) is 32.7 Å². The first-order valence-corrected chi connectivity index (χ1v) is 8.35. The van der Waals surface area contributed by atoms with Crippen LogP contribution >= 0.6 is 12.4 Å². The fourth-order valence-electron chi connectivity index (χ4n) is 2.81. The van der Waals surface area contributed by atoms with Crippen LogP contribution in [0, 0.1) is 6.92 Å². The average molecular weight is 366 g/mol. The molecule has 1 saturated heterocycles. The van der Waals surface area contributed by atoms with Gasteiger partial charge in [0.25, 0.3) is 11.8 Å². The van der Waals surface area contributed by atoms with Gasteiger partial charge in [0.1, 0.15) is 0 Å². The molecule has 136 valence electrons. The van der Waals surface area contributed by atoms with Gasteiger partial charge in [0.05, 0.1) is 11.1 Å². The molecule has 25 heavy (non-hydrogen) atoms. The quantitative estimate of drug-likeness (QED) is 0.755. The summed E-state index contributed by atoms with van der Waals surface area (Å²) in [6.07, 6.45) is 0.938. The molecule has 0 saturated carbocycles. The minimum absolute atomic E-state index is 0. The Balaban J connectivity index is 0.00000225. The smallest absolute Gasteiger partial charge is 0.258 e. The van der Waals surface area contributed by atoms with Gasteiger partial charge in [-0.2, -0.15) is 4.98 Å². The number of hydrogen-bond acceptors (Lipinski definition) is 6. The Morgan fingerprint density at radius 2 is 2.08 bits per heavy atom. The zero-order valence-electron chi connectivity index (χ0n) is 14.3.